The molecule has 7 heteroatoms. The van der Waals surface area contributed by atoms with E-state index in [1.165, 1.54) is 0 Å². The lowest BCUT2D eigenvalue weighted by Crippen LogP contribution is -2.03. The summed E-state index contributed by atoms with van der Waals surface area (Å²) in [6.45, 7) is 0. The maximum absolute atomic E-state index is 13.5. The lowest BCUT2D eigenvalue weighted by Gasteiger charge is -2.10. The van der Waals surface area contributed by atoms with Gasteiger partial charge in [0.15, 0.2) is 23.3 Å². The monoisotopic (exact) mass is 377 g/mol. The number of rotatable bonds is 2. The smallest absolute Gasteiger partial charge is 0.169 e. The Morgan fingerprint density at radius 1 is 1.11 bits per heavy atom. The third kappa shape index (κ3) is 2.78. The molecule has 0 saturated carbocycles. The van der Waals surface area contributed by atoms with Crippen molar-refractivity contribution in [2.45, 2.75) is 0 Å². The predicted molar refractivity (Wildman–Crippen MR) is 73.7 cm³/mol. The molecule has 3 nitrogen and oxygen atoms in total. The summed E-state index contributed by atoms with van der Waals surface area (Å²) in [6.07, 6.45) is 0. The van der Waals surface area contributed by atoms with E-state index in [1.54, 1.807) is 12.1 Å². The summed E-state index contributed by atoms with van der Waals surface area (Å²) in [5.41, 5.74) is 5.88. The lowest BCUT2D eigenvalue weighted by molar-refractivity contribution is 0.581. The highest BCUT2D eigenvalue weighted by molar-refractivity contribution is 9.11. The van der Waals surface area contributed by atoms with E-state index in [2.05, 4.69) is 42.2 Å². The Kier molecular flexibility index (Phi) is 3.82. The van der Waals surface area contributed by atoms with Gasteiger partial charge in [-0.2, -0.15) is 0 Å². The molecule has 18 heavy (non-hydrogen) atoms. The molecule has 94 valence electrons. The number of benzene rings is 1. The first-order chi connectivity index (χ1) is 8.47. The summed E-state index contributed by atoms with van der Waals surface area (Å²) in [5.74, 6) is -2.18. The van der Waals surface area contributed by atoms with Crippen LogP contribution in [-0.4, -0.2) is 4.98 Å². The number of nitrogen functional groups attached to an aromatic ring is 1. The molecule has 3 N–H and O–H groups in total. The Morgan fingerprint density at radius 2 is 1.83 bits per heavy atom. The zero-order valence-electron chi connectivity index (χ0n) is 8.85. The fourth-order valence-electron chi connectivity index (χ4n) is 1.29. The minimum Gasteiger partial charge on any atom is -0.381 e. The zero-order chi connectivity index (χ0) is 13.3. The van der Waals surface area contributed by atoms with Crippen LogP contribution in [0.15, 0.2) is 33.2 Å². The van der Waals surface area contributed by atoms with Crippen LogP contribution in [0.5, 0.6) is 0 Å². The number of aromatic nitrogens is 1. The molecular formula is C11H7Br2F2N3. The summed E-state index contributed by atoms with van der Waals surface area (Å²) >= 11 is 6.60. The van der Waals surface area contributed by atoms with E-state index in [4.69, 9.17) is 5.73 Å². The highest BCUT2D eigenvalue weighted by Crippen LogP contribution is 2.29. The van der Waals surface area contributed by atoms with Crippen molar-refractivity contribution in [2.75, 3.05) is 11.1 Å². The van der Waals surface area contributed by atoms with E-state index in [1.807, 2.05) is 6.07 Å². The molecule has 0 saturated heterocycles. The number of anilines is 3. The fourth-order valence-corrected chi connectivity index (χ4v) is 2.00. The van der Waals surface area contributed by atoms with Gasteiger partial charge in [-0.25, -0.2) is 13.8 Å². The van der Waals surface area contributed by atoms with Crippen LogP contribution in [0.2, 0.25) is 0 Å². The van der Waals surface area contributed by atoms with Crippen molar-refractivity contribution >= 4 is 49.2 Å². The van der Waals surface area contributed by atoms with Crippen LogP contribution >= 0.6 is 31.9 Å². The van der Waals surface area contributed by atoms with Crippen molar-refractivity contribution in [2.24, 2.45) is 0 Å². The minimum atomic E-state index is -0.883. The summed E-state index contributed by atoms with van der Waals surface area (Å²) in [6, 6.07) is 6.01. The van der Waals surface area contributed by atoms with Crippen LogP contribution in [0, 0.1) is 11.6 Å². The molecule has 0 atom stereocenters. The van der Waals surface area contributed by atoms with Crippen molar-refractivity contribution < 1.29 is 8.78 Å². The number of nitrogens with one attached hydrogen (secondary N) is 1. The average molecular weight is 379 g/mol. The molecule has 0 bridgehead atoms. The van der Waals surface area contributed by atoms with E-state index in [-0.39, 0.29) is 11.6 Å². The molecule has 2 aromatic rings. The molecule has 0 aliphatic carbocycles. The van der Waals surface area contributed by atoms with Crippen molar-refractivity contribution in [3.63, 3.8) is 0 Å². The minimum absolute atomic E-state index is 0.132. The van der Waals surface area contributed by atoms with Crippen molar-refractivity contribution in [1.29, 1.82) is 0 Å². The second-order valence-electron chi connectivity index (χ2n) is 3.44. The van der Waals surface area contributed by atoms with Crippen LogP contribution in [0.3, 0.4) is 0 Å². The summed E-state index contributed by atoms with van der Waals surface area (Å²) in [4.78, 5) is 3.62. The number of pyridine rings is 1. The molecule has 0 amide bonds. The molecule has 0 unspecified atom stereocenters. The fraction of sp³-hybridized carbons (Fsp3) is 0. The van der Waals surface area contributed by atoms with Crippen molar-refractivity contribution in [3.05, 3.63) is 44.8 Å². The second kappa shape index (κ2) is 5.19. The maximum Gasteiger partial charge on any atom is 0.169 e. The number of halogens is 4. The molecule has 2 rings (SSSR count). The summed E-state index contributed by atoms with van der Waals surface area (Å²) in [5, 5.41) is 2.74. The van der Waals surface area contributed by atoms with Gasteiger partial charge in [0.2, 0.25) is 0 Å². The third-order valence-corrected chi connectivity index (χ3v) is 3.32. The van der Waals surface area contributed by atoms with Gasteiger partial charge in [-0.15, -0.1) is 0 Å². The van der Waals surface area contributed by atoms with Gasteiger partial charge < -0.3 is 11.1 Å². The molecule has 1 heterocycles. The largest absolute Gasteiger partial charge is 0.381 e. The van der Waals surface area contributed by atoms with Crippen molar-refractivity contribution in [1.82, 2.24) is 4.98 Å². The molecule has 1 aromatic carbocycles. The Hall–Kier alpha value is -1.21. The van der Waals surface area contributed by atoms with Crippen LogP contribution in [-0.2, 0) is 0 Å². The quantitative estimate of drug-likeness (QED) is 0.822. The average Bonchev–Trinajstić information content (AvgIpc) is 2.30. The maximum atomic E-state index is 13.5. The van der Waals surface area contributed by atoms with Gasteiger partial charge in [-0.05, 0) is 34.1 Å². The number of hydrogen-bond donors (Lipinski definition) is 2. The molecule has 0 aliphatic heterocycles. The van der Waals surface area contributed by atoms with E-state index in [9.17, 15) is 8.78 Å². The molecule has 0 radical (unpaired) electrons. The summed E-state index contributed by atoms with van der Waals surface area (Å²) in [7, 11) is 0. The van der Waals surface area contributed by atoms with Gasteiger partial charge >= 0.3 is 0 Å². The standard InChI is InChI=1S/C11H7Br2F2N3/c12-5-1-2-6(13)9(3-5)17-11-8(15)4-7(14)10(16)18-11/h1-4H,(H3,16,17,18). The van der Waals surface area contributed by atoms with Crippen LogP contribution in [0.4, 0.5) is 26.1 Å². The Labute approximate surface area is 119 Å². The van der Waals surface area contributed by atoms with E-state index in [0.717, 1.165) is 8.95 Å². The van der Waals surface area contributed by atoms with Crippen molar-refractivity contribution in [3.8, 4) is 0 Å². The third-order valence-electron chi connectivity index (χ3n) is 2.14. The SMILES string of the molecule is Nc1nc(Nc2cc(Br)ccc2Br)c(F)cc1F. The van der Waals surface area contributed by atoms with Gasteiger partial charge in [0, 0.05) is 15.0 Å². The summed E-state index contributed by atoms with van der Waals surface area (Å²) < 4.78 is 28.0. The first kappa shape index (κ1) is 13.2. The zero-order valence-corrected chi connectivity index (χ0v) is 12.0. The second-order valence-corrected chi connectivity index (χ2v) is 5.21. The molecule has 0 fully saturated rings. The molecule has 0 spiro atoms. The van der Waals surface area contributed by atoms with E-state index >= 15 is 0 Å². The van der Waals surface area contributed by atoms with E-state index in [0.29, 0.717) is 11.8 Å². The highest BCUT2D eigenvalue weighted by atomic mass is 79.9. The van der Waals surface area contributed by atoms with Gasteiger partial charge in [0.05, 0.1) is 5.69 Å². The van der Waals surface area contributed by atoms with Gasteiger partial charge in [-0.1, -0.05) is 15.9 Å². The Balaban J connectivity index is 2.40. The lowest BCUT2D eigenvalue weighted by atomic mass is 10.3. The van der Waals surface area contributed by atoms with Crippen LogP contribution in [0.25, 0.3) is 0 Å². The topological polar surface area (TPSA) is 50.9 Å². The number of nitrogens with two attached hydrogens (primary N) is 1. The van der Waals surface area contributed by atoms with E-state index < -0.39 is 11.6 Å². The van der Waals surface area contributed by atoms with Crippen LogP contribution < -0.4 is 11.1 Å². The Bertz CT molecular complexity index is 605. The highest BCUT2D eigenvalue weighted by Gasteiger charge is 2.11. The molecule has 1 aromatic heterocycles. The normalized spacial score (nSPS) is 10.4. The van der Waals surface area contributed by atoms with Gasteiger partial charge in [0.1, 0.15) is 0 Å². The van der Waals surface area contributed by atoms with Gasteiger partial charge in [-0.3, -0.25) is 0 Å². The molecule has 0 aliphatic rings. The van der Waals surface area contributed by atoms with Gasteiger partial charge in [0.25, 0.3) is 0 Å². The number of nitrogens with zero attached hydrogens (tertiary/aromatic N) is 1. The predicted octanol–water partition coefficient (Wildman–Crippen LogP) is 4.21. The first-order valence-corrected chi connectivity index (χ1v) is 6.39. The Morgan fingerprint density at radius 3 is 2.56 bits per heavy atom. The number of hydrogen-bond acceptors (Lipinski definition) is 3. The van der Waals surface area contributed by atoms with Crippen LogP contribution in [0.1, 0.15) is 0 Å². The first-order valence-electron chi connectivity index (χ1n) is 4.81. The molecular weight excluding hydrogens is 372 g/mol.